The quantitative estimate of drug-likeness (QED) is 0.483. The SMILES string of the molecule is Nc1cc([C@@H](N)C2CCCC2)c(O)cc1C(=O)O. The number of carboxylic acid groups (broad SMARTS) is 1. The fourth-order valence-corrected chi connectivity index (χ4v) is 2.65. The highest BCUT2D eigenvalue weighted by Gasteiger charge is 2.26. The van der Waals surface area contributed by atoms with Gasteiger partial charge in [-0.25, -0.2) is 4.79 Å². The summed E-state index contributed by atoms with van der Waals surface area (Å²) in [6.45, 7) is 0. The molecule has 5 nitrogen and oxygen atoms in total. The zero-order valence-electron chi connectivity index (χ0n) is 10.1. The van der Waals surface area contributed by atoms with Gasteiger partial charge in [0.1, 0.15) is 5.75 Å². The number of aromatic carboxylic acids is 1. The molecule has 0 saturated heterocycles. The van der Waals surface area contributed by atoms with Crippen molar-refractivity contribution >= 4 is 11.7 Å². The van der Waals surface area contributed by atoms with Gasteiger partial charge < -0.3 is 21.7 Å². The largest absolute Gasteiger partial charge is 0.508 e. The molecule has 1 aromatic carbocycles. The Morgan fingerprint density at radius 1 is 1.33 bits per heavy atom. The number of phenolic OH excluding ortho intramolecular Hbond substituents is 1. The molecule has 2 rings (SSSR count). The second-order valence-corrected chi connectivity index (χ2v) is 4.87. The van der Waals surface area contributed by atoms with Crippen LogP contribution in [0.3, 0.4) is 0 Å². The van der Waals surface area contributed by atoms with Gasteiger partial charge in [-0.3, -0.25) is 0 Å². The fourth-order valence-electron chi connectivity index (χ4n) is 2.65. The molecule has 5 heteroatoms. The molecule has 0 bridgehead atoms. The van der Waals surface area contributed by atoms with E-state index in [0.717, 1.165) is 25.7 Å². The van der Waals surface area contributed by atoms with Crippen LogP contribution in [0.15, 0.2) is 12.1 Å². The lowest BCUT2D eigenvalue weighted by atomic mass is 9.91. The van der Waals surface area contributed by atoms with E-state index in [1.807, 2.05) is 0 Å². The Labute approximate surface area is 105 Å². The van der Waals surface area contributed by atoms with Crippen LogP contribution in [0.2, 0.25) is 0 Å². The van der Waals surface area contributed by atoms with E-state index < -0.39 is 5.97 Å². The number of hydrogen-bond donors (Lipinski definition) is 4. The van der Waals surface area contributed by atoms with Crippen LogP contribution in [0.1, 0.15) is 47.6 Å². The summed E-state index contributed by atoms with van der Waals surface area (Å²) < 4.78 is 0. The number of phenols is 1. The monoisotopic (exact) mass is 250 g/mol. The molecule has 0 amide bonds. The van der Waals surface area contributed by atoms with Crippen LogP contribution >= 0.6 is 0 Å². The van der Waals surface area contributed by atoms with Crippen LogP contribution in [-0.4, -0.2) is 16.2 Å². The molecule has 1 saturated carbocycles. The maximum atomic E-state index is 10.9. The minimum Gasteiger partial charge on any atom is -0.508 e. The van der Waals surface area contributed by atoms with Crippen molar-refractivity contribution in [3.8, 4) is 5.75 Å². The van der Waals surface area contributed by atoms with Gasteiger partial charge >= 0.3 is 5.97 Å². The highest BCUT2D eigenvalue weighted by molar-refractivity contribution is 5.94. The number of aromatic hydroxyl groups is 1. The Bertz CT molecular complexity index is 468. The smallest absolute Gasteiger partial charge is 0.337 e. The molecule has 6 N–H and O–H groups in total. The van der Waals surface area contributed by atoms with Crippen molar-refractivity contribution < 1.29 is 15.0 Å². The zero-order chi connectivity index (χ0) is 13.3. The van der Waals surface area contributed by atoms with Crippen LogP contribution in [-0.2, 0) is 0 Å². The summed E-state index contributed by atoms with van der Waals surface area (Å²) in [5, 5.41) is 18.8. The molecule has 0 aromatic heterocycles. The third-order valence-corrected chi connectivity index (χ3v) is 3.70. The van der Waals surface area contributed by atoms with E-state index in [4.69, 9.17) is 16.6 Å². The lowest BCUT2D eigenvalue weighted by molar-refractivity contribution is 0.0697. The average Bonchev–Trinajstić information content (AvgIpc) is 2.84. The first-order valence-electron chi connectivity index (χ1n) is 6.12. The molecule has 1 atom stereocenters. The van der Waals surface area contributed by atoms with Crippen molar-refractivity contribution in [1.29, 1.82) is 0 Å². The lowest BCUT2D eigenvalue weighted by Crippen LogP contribution is -2.20. The molecule has 1 aliphatic carbocycles. The van der Waals surface area contributed by atoms with Gasteiger partial charge in [-0.1, -0.05) is 12.8 Å². The first-order valence-corrected chi connectivity index (χ1v) is 6.12. The average molecular weight is 250 g/mol. The molecule has 1 fully saturated rings. The van der Waals surface area contributed by atoms with E-state index >= 15 is 0 Å². The third kappa shape index (κ3) is 2.26. The molecular weight excluding hydrogens is 232 g/mol. The van der Waals surface area contributed by atoms with Crippen LogP contribution in [0.25, 0.3) is 0 Å². The predicted octanol–water partition coefficient (Wildman–Crippen LogP) is 1.86. The third-order valence-electron chi connectivity index (χ3n) is 3.70. The Morgan fingerprint density at radius 3 is 2.50 bits per heavy atom. The van der Waals surface area contributed by atoms with Crippen molar-refractivity contribution in [1.82, 2.24) is 0 Å². The summed E-state index contributed by atoms with van der Waals surface area (Å²) in [6, 6.07) is 2.39. The number of anilines is 1. The van der Waals surface area contributed by atoms with E-state index in [1.54, 1.807) is 0 Å². The van der Waals surface area contributed by atoms with Crippen LogP contribution in [0, 0.1) is 5.92 Å². The Morgan fingerprint density at radius 2 is 1.94 bits per heavy atom. The summed E-state index contributed by atoms with van der Waals surface area (Å²) in [6.07, 6.45) is 4.39. The van der Waals surface area contributed by atoms with Gasteiger partial charge in [0.25, 0.3) is 0 Å². The zero-order valence-corrected chi connectivity index (χ0v) is 10.1. The van der Waals surface area contributed by atoms with E-state index in [-0.39, 0.29) is 23.0 Å². The van der Waals surface area contributed by atoms with Crippen LogP contribution in [0.5, 0.6) is 5.75 Å². The number of carbonyl (C=O) groups is 1. The van der Waals surface area contributed by atoms with E-state index in [0.29, 0.717) is 11.5 Å². The predicted molar refractivity (Wildman–Crippen MR) is 68.4 cm³/mol. The number of benzene rings is 1. The van der Waals surface area contributed by atoms with Crippen molar-refractivity contribution in [3.63, 3.8) is 0 Å². The summed E-state index contributed by atoms with van der Waals surface area (Å²) in [4.78, 5) is 10.9. The molecule has 1 aromatic rings. The van der Waals surface area contributed by atoms with Crippen LogP contribution in [0.4, 0.5) is 5.69 Å². The molecule has 1 aliphatic rings. The normalized spacial score (nSPS) is 17.8. The summed E-state index contributed by atoms with van der Waals surface area (Å²) in [5.74, 6) is -0.893. The van der Waals surface area contributed by atoms with Crippen molar-refractivity contribution in [2.75, 3.05) is 5.73 Å². The second kappa shape index (κ2) is 4.86. The molecule has 0 aliphatic heterocycles. The molecule has 98 valence electrons. The van der Waals surface area contributed by atoms with Gasteiger partial charge in [-0.15, -0.1) is 0 Å². The highest BCUT2D eigenvalue weighted by Crippen LogP contribution is 2.38. The van der Waals surface area contributed by atoms with Gasteiger partial charge in [-0.2, -0.15) is 0 Å². The first kappa shape index (κ1) is 12.7. The minimum absolute atomic E-state index is 0.0824. The highest BCUT2D eigenvalue weighted by atomic mass is 16.4. The minimum atomic E-state index is -1.15. The fraction of sp³-hybridized carbons (Fsp3) is 0.462. The summed E-state index contributed by atoms with van der Waals surface area (Å²) in [7, 11) is 0. The maximum Gasteiger partial charge on any atom is 0.337 e. The second-order valence-electron chi connectivity index (χ2n) is 4.87. The molecular formula is C13H18N2O3. The van der Waals surface area contributed by atoms with Crippen LogP contribution < -0.4 is 11.5 Å². The number of nitrogens with two attached hydrogens (primary N) is 2. The van der Waals surface area contributed by atoms with Crippen molar-refractivity contribution in [2.24, 2.45) is 11.7 Å². The Balaban J connectivity index is 2.33. The van der Waals surface area contributed by atoms with E-state index in [2.05, 4.69) is 0 Å². The number of carboxylic acids is 1. The van der Waals surface area contributed by atoms with Gasteiger partial charge in [0.05, 0.1) is 5.56 Å². The van der Waals surface area contributed by atoms with Gasteiger partial charge in [0.2, 0.25) is 0 Å². The molecule has 0 heterocycles. The molecule has 0 unspecified atom stereocenters. The molecule has 18 heavy (non-hydrogen) atoms. The standard InChI is InChI=1S/C13H18N2O3/c14-10-5-9(11(16)6-8(10)13(17)18)12(15)7-3-1-2-4-7/h5-7,12,16H,1-4,14-15H2,(H,17,18)/t12-/m0/s1. The summed E-state index contributed by atoms with van der Waals surface area (Å²) in [5.41, 5.74) is 12.4. The lowest BCUT2D eigenvalue weighted by Gasteiger charge is -2.21. The Hall–Kier alpha value is -1.75. The summed E-state index contributed by atoms with van der Waals surface area (Å²) >= 11 is 0. The maximum absolute atomic E-state index is 10.9. The number of hydrogen-bond acceptors (Lipinski definition) is 4. The molecule has 0 spiro atoms. The van der Waals surface area contributed by atoms with E-state index in [9.17, 15) is 9.90 Å². The number of nitrogen functional groups attached to an aromatic ring is 1. The van der Waals surface area contributed by atoms with E-state index in [1.165, 1.54) is 12.1 Å². The van der Waals surface area contributed by atoms with Gasteiger partial charge in [0, 0.05) is 17.3 Å². The number of rotatable bonds is 3. The van der Waals surface area contributed by atoms with Gasteiger partial charge in [0.15, 0.2) is 0 Å². The van der Waals surface area contributed by atoms with Crippen molar-refractivity contribution in [3.05, 3.63) is 23.3 Å². The first-order chi connectivity index (χ1) is 8.50. The molecule has 0 radical (unpaired) electrons. The van der Waals surface area contributed by atoms with Gasteiger partial charge in [-0.05, 0) is 30.9 Å². The topological polar surface area (TPSA) is 110 Å². The Kier molecular flexibility index (Phi) is 3.43. The van der Waals surface area contributed by atoms with Crippen molar-refractivity contribution in [2.45, 2.75) is 31.7 Å².